The number of thiophene rings is 1. The summed E-state index contributed by atoms with van der Waals surface area (Å²) in [5.74, 6) is 0.359. The highest BCUT2D eigenvalue weighted by Crippen LogP contribution is 2.39. The Morgan fingerprint density at radius 3 is 2.82 bits per heavy atom. The van der Waals surface area contributed by atoms with Crippen LogP contribution in [0.3, 0.4) is 0 Å². The standard InChI is InChI=1S/C30H25BrN4O3S/c1-4-22(33-30(37)38-3)29(36)35-12-11-16(2)27(35)28-32-23-10-7-17-13-18(6-9-21(17)26(23)34-28)24-14-19-5-8-20(31)15-25(19)39-24/h4-10,13-15,22,27H,1-2,11-12H2,3H3,(H,32,34)(H,33,37). The summed E-state index contributed by atoms with van der Waals surface area (Å²) in [6.07, 6.45) is 1.35. The second-order valence-corrected chi connectivity index (χ2v) is 11.5. The van der Waals surface area contributed by atoms with Crippen LogP contribution in [0.5, 0.6) is 0 Å². The molecule has 3 heterocycles. The highest BCUT2D eigenvalue weighted by atomic mass is 79.9. The monoisotopic (exact) mass is 600 g/mol. The lowest BCUT2D eigenvalue weighted by Crippen LogP contribution is -2.47. The molecule has 2 unspecified atom stereocenters. The van der Waals surface area contributed by atoms with Gasteiger partial charge in [0.05, 0.1) is 18.1 Å². The van der Waals surface area contributed by atoms with Crippen molar-refractivity contribution in [3.05, 3.63) is 89.7 Å². The third-order valence-corrected chi connectivity index (χ3v) is 8.77. The summed E-state index contributed by atoms with van der Waals surface area (Å²) in [7, 11) is 1.25. The van der Waals surface area contributed by atoms with Gasteiger partial charge in [-0.3, -0.25) is 4.79 Å². The molecule has 6 rings (SSSR count). The number of H-pyrrole nitrogens is 1. The van der Waals surface area contributed by atoms with E-state index in [-0.39, 0.29) is 5.91 Å². The van der Waals surface area contributed by atoms with Crippen molar-refractivity contribution in [3.63, 3.8) is 0 Å². The summed E-state index contributed by atoms with van der Waals surface area (Å²) in [5, 5.41) is 5.87. The first-order valence-corrected chi connectivity index (χ1v) is 14.0. The summed E-state index contributed by atoms with van der Waals surface area (Å²) in [5.41, 5.74) is 3.77. The Hall–Kier alpha value is -3.95. The molecule has 1 aliphatic rings. The zero-order valence-electron chi connectivity index (χ0n) is 21.2. The SMILES string of the molecule is C=CC(NC(=O)OC)C(=O)N1CCC(=C)C1c1nc2c(ccc3cc(-c4cc5ccc(Br)cc5s4)ccc32)[nH]1. The van der Waals surface area contributed by atoms with E-state index in [1.807, 2.05) is 6.07 Å². The van der Waals surface area contributed by atoms with Gasteiger partial charge in [0.2, 0.25) is 5.91 Å². The van der Waals surface area contributed by atoms with E-state index in [2.05, 4.69) is 92.7 Å². The fourth-order valence-electron chi connectivity index (χ4n) is 5.17. The first-order chi connectivity index (χ1) is 18.9. The van der Waals surface area contributed by atoms with Crippen LogP contribution < -0.4 is 5.32 Å². The Morgan fingerprint density at radius 2 is 2.03 bits per heavy atom. The van der Waals surface area contributed by atoms with Crippen LogP contribution in [-0.4, -0.2) is 46.6 Å². The van der Waals surface area contributed by atoms with Crippen molar-refractivity contribution in [1.82, 2.24) is 20.2 Å². The molecule has 2 amide bonds. The maximum Gasteiger partial charge on any atom is 0.407 e. The molecule has 3 aromatic carbocycles. The van der Waals surface area contributed by atoms with Gasteiger partial charge in [-0.05, 0) is 58.7 Å². The average molecular weight is 602 g/mol. The molecule has 196 valence electrons. The van der Waals surface area contributed by atoms with Gasteiger partial charge in [-0.25, -0.2) is 9.78 Å². The second-order valence-electron chi connectivity index (χ2n) is 9.50. The molecule has 0 radical (unpaired) electrons. The molecule has 0 aliphatic carbocycles. The number of alkyl carbamates (subject to hydrolysis) is 1. The number of rotatable bonds is 5. The van der Waals surface area contributed by atoms with E-state index in [0.29, 0.717) is 18.8 Å². The van der Waals surface area contributed by atoms with Crippen LogP contribution in [0.4, 0.5) is 4.79 Å². The highest BCUT2D eigenvalue weighted by Gasteiger charge is 2.37. The topological polar surface area (TPSA) is 87.3 Å². The summed E-state index contributed by atoms with van der Waals surface area (Å²) in [6.45, 7) is 8.40. The van der Waals surface area contributed by atoms with E-state index < -0.39 is 18.2 Å². The number of aromatic amines is 1. The molecule has 5 aromatic rings. The van der Waals surface area contributed by atoms with Gasteiger partial charge >= 0.3 is 6.09 Å². The summed E-state index contributed by atoms with van der Waals surface area (Å²) in [6, 6.07) is 17.8. The number of fused-ring (bicyclic) bond motifs is 4. The van der Waals surface area contributed by atoms with Gasteiger partial charge in [0.1, 0.15) is 17.9 Å². The van der Waals surface area contributed by atoms with Gasteiger partial charge in [0, 0.05) is 26.0 Å². The van der Waals surface area contributed by atoms with E-state index in [1.54, 1.807) is 16.2 Å². The summed E-state index contributed by atoms with van der Waals surface area (Å²) < 4.78 is 6.97. The van der Waals surface area contributed by atoms with Crippen LogP contribution in [0.25, 0.3) is 42.3 Å². The molecule has 7 nitrogen and oxygen atoms in total. The van der Waals surface area contributed by atoms with Crippen molar-refractivity contribution >= 4 is 71.2 Å². The number of likely N-dealkylation sites (tertiary alicyclic amines) is 1. The quantitative estimate of drug-likeness (QED) is 0.211. The third kappa shape index (κ3) is 4.51. The summed E-state index contributed by atoms with van der Waals surface area (Å²) >= 11 is 5.33. The van der Waals surface area contributed by atoms with Crippen molar-refractivity contribution in [1.29, 1.82) is 0 Å². The number of amides is 2. The minimum absolute atomic E-state index is 0.288. The van der Waals surface area contributed by atoms with Gasteiger partial charge < -0.3 is 19.9 Å². The number of aromatic nitrogens is 2. The molecule has 1 fully saturated rings. The number of benzene rings is 3. The molecule has 39 heavy (non-hydrogen) atoms. The lowest BCUT2D eigenvalue weighted by Gasteiger charge is -2.27. The van der Waals surface area contributed by atoms with Crippen LogP contribution in [-0.2, 0) is 9.53 Å². The minimum atomic E-state index is -0.913. The van der Waals surface area contributed by atoms with Gasteiger partial charge in [-0.1, -0.05) is 52.9 Å². The Bertz CT molecular complexity index is 1810. The minimum Gasteiger partial charge on any atom is -0.453 e. The van der Waals surface area contributed by atoms with E-state index in [0.717, 1.165) is 37.4 Å². The van der Waals surface area contributed by atoms with Crippen molar-refractivity contribution < 1.29 is 14.3 Å². The molecular weight excluding hydrogens is 576 g/mol. The molecule has 1 saturated heterocycles. The number of nitrogens with one attached hydrogen (secondary N) is 2. The second kappa shape index (κ2) is 9.98. The third-order valence-electron chi connectivity index (χ3n) is 7.13. The molecule has 0 bridgehead atoms. The van der Waals surface area contributed by atoms with E-state index in [9.17, 15) is 9.59 Å². The van der Waals surface area contributed by atoms with E-state index in [4.69, 9.17) is 4.98 Å². The van der Waals surface area contributed by atoms with Crippen molar-refractivity contribution in [2.45, 2.75) is 18.5 Å². The Balaban J connectivity index is 1.35. The first kappa shape index (κ1) is 25.3. The normalized spacial score (nSPS) is 16.2. The molecule has 0 spiro atoms. The van der Waals surface area contributed by atoms with E-state index >= 15 is 0 Å². The number of halogens is 1. The van der Waals surface area contributed by atoms with Gasteiger partial charge in [-0.2, -0.15) is 0 Å². The number of carbonyl (C=O) groups is 2. The maximum atomic E-state index is 13.3. The zero-order valence-corrected chi connectivity index (χ0v) is 23.6. The smallest absolute Gasteiger partial charge is 0.407 e. The van der Waals surface area contributed by atoms with Crippen LogP contribution in [0.1, 0.15) is 18.3 Å². The first-order valence-electron chi connectivity index (χ1n) is 12.4. The average Bonchev–Trinajstić information content (AvgIpc) is 3.66. The lowest BCUT2D eigenvalue weighted by atomic mass is 10.0. The van der Waals surface area contributed by atoms with Gasteiger partial charge in [0.15, 0.2) is 0 Å². The van der Waals surface area contributed by atoms with Gasteiger partial charge in [0.25, 0.3) is 0 Å². The zero-order chi connectivity index (χ0) is 27.3. The fourth-order valence-corrected chi connectivity index (χ4v) is 6.78. The fraction of sp³-hybridized carbons (Fsp3) is 0.167. The molecule has 2 atom stereocenters. The van der Waals surface area contributed by atoms with E-state index in [1.165, 1.54) is 28.1 Å². The highest BCUT2D eigenvalue weighted by molar-refractivity contribution is 9.10. The van der Waals surface area contributed by atoms with Crippen LogP contribution in [0, 0.1) is 0 Å². The summed E-state index contributed by atoms with van der Waals surface area (Å²) in [4.78, 5) is 36.4. The predicted octanol–water partition coefficient (Wildman–Crippen LogP) is 7.10. The molecule has 9 heteroatoms. The van der Waals surface area contributed by atoms with Crippen LogP contribution in [0.15, 0.2) is 83.9 Å². The predicted molar refractivity (Wildman–Crippen MR) is 160 cm³/mol. The molecule has 0 saturated carbocycles. The number of hydrogen-bond donors (Lipinski definition) is 2. The van der Waals surface area contributed by atoms with Crippen molar-refractivity contribution in [2.24, 2.45) is 0 Å². The number of hydrogen-bond acceptors (Lipinski definition) is 5. The Labute approximate surface area is 237 Å². The maximum absolute atomic E-state index is 13.3. The number of imidazole rings is 1. The number of carbonyl (C=O) groups excluding carboxylic acids is 2. The van der Waals surface area contributed by atoms with Crippen LogP contribution in [0.2, 0.25) is 0 Å². The molecule has 2 N–H and O–H groups in total. The van der Waals surface area contributed by atoms with Crippen molar-refractivity contribution in [3.8, 4) is 10.4 Å². The van der Waals surface area contributed by atoms with Crippen LogP contribution >= 0.6 is 27.3 Å². The molecular formula is C30H25BrN4O3S. The Kier molecular flexibility index (Phi) is 6.48. The van der Waals surface area contributed by atoms with Crippen molar-refractivity contribution in [2.75, 3.05) is 13.7 Å². The molecule has 2 aromatic heterocycles. The largest absolute Gasteiger partial charge is 0.453 e. The number of ether oxygens (including phenoxy) is 1. The number of methoxy groups -OCH3 is 1. The molecule has 1 aliphatic heterocycles. The Morgan fingerprint density at radius 1 is 1.21 bits per heavy atom. The van der Waals surface area contributed by atoms with Gasteiger partial charge in [-0.15, -0.1) is 17.9 Å². The lowest BCUT2D eigenvalue weighted by molar-refractivity contribution is -0.132. The number of nitrogens with zero attached hydrogens (tertiary/aromatic N) is 2.